The van der Waals surface area contributed by atoms with E-state index in [0.29, 0.717) is 6.42 Å². The molecule has 2 unspecified atom stereocenters. The molecule has 2 aliphatic heterocycles. The van der Waals surface area contributed by atoms with Crippen molar-refractivity contribution in [2.24, 2.45) is 5.92 Å². The lowest BCUT2D eigenvalue weighted by molar-refractivity contribution is -0.152. The number of rotatable bonds is 4. The lowest BCUT2D eigenvalue weighted by Crippen LogP contribution is -2.48. The second-order valence-corrected chi connectivity index (χ2v) is 4.53. The molecule has 0 aromatic heterocycles. The van der Waals surface area contributed by atoms with E-state index in [0.717, 1.165) is 4.90 Å². The first-order chi connectivity index (χ1) is 7.43. The van der Waals surface area contributed by atoms with Crippen molar-refractivity contribution in [2.45, 2.75) is 38.5 Å². The van der Waals surface area contributed by atoms with Crippen molar-refractivity contribution in [3.63, 3.8) is 0 Å². The van der Waals surface area contributed by atoms with Crippen molar-refractivity contribution in [2.75, 3.05) is 0 Å². The fourth-order valence-corrected chi connectivity index (χ4v) is 1.95. The van der Waals surface area contributed by atoms with Gasteiger partial charge in [0.05, 0.1) is 0 Å². The Kier molecular flexibility index (Phi) is 2.46. The van der Waals surface area contributed by atoms with E-state index < -0.39 is 36.0 Å². The highest BCUT2D eigenvalue weighted by atomic mass is 16.6. The van der Waals surface area contributed by atoms with Gasteiger partial charge in [-0.1, -0.05) is 13.8 Å². The van der Waals surface area contributed by atoms with E-state index in [-0.39, 0.29) is 5.92 Å². The molecule has 87 valence electrons. The fourth-order valence-electron chi connectivity index (χ4n) is 1.95. The van der Waals surface area contributed by atoms with Crippen molar-refractivity contribution >= 4 is 17.7 Å². The Bertz CT molecular complexity index is 346. The third kappa shape index (κ3) is 1.59. The van der Waals surface area contributed by atoms with Crippen LogP contribution in [-0.4, -0.2) is 40.9 Å². The molecule has 1 radical (unpaired) electrons. The molecule has 2 heterocycles. The fraction of sp³-hybridized carbons (Fsp3) is 0.700. The molecule has 0 aromatic carbocycles. The molecule has 3 amide bonds. The van der Waals surface area contributed by atoms with Crippen LogP contribution in [0.2, 0.25) is 0 Å². The van der Waals surface area contributed by atoms with E-state index in [1.54, 1.807) is 0 Å². The largest absolute Gasteiger partial charge is 0.349 e. The number of nitrogens with one attached hydrogen (secondary N) is 1. The molecular weight excluding hydrogens is 212 g/mol. The van der Waals surface area contributed by atoms with Gasteiger partial charge >= 0.3 is 0 Å². The van der Waals surface area contributed by atoms with Crippen LogP contribution in [0.1, 0.15) is 20.3 Å². The number of epoxide rings is 1. The number of fused-ring (bicyclic) bond motifs is 1. The van der Waals surface area contributed by atoms with Crippen LogP contribution in [0.25, 0.3) is 0 Å². The Hall–Kier alpha value is -1.43. The Labute approximate surface area is 92.7 Å². The summed E-state index contributed by atoms with van der Waals surface area (Å²) in [5, 5.41) is 0. The third-order valence-electron chi connectivity index (χ3n) is 2.76. The molecule has 2 fully saturated rings. The topological polar surface area (TPSA) is 90.8 Å². The van der Waals surface area contributed by atoms with Gasteiger partial charge in [0.25, 0.3) is 17.7 Å². The van der Waals surface area contributed by atoms with Gasteiger partial charge in [0.1, 0.15) is 6.04 Å². The van der Waals surface area contributed by atoms with E-state index in [1.165, 1.54) is 0 Å². The second-order valence-electron chi connectivity index (χ2n) is 4.53. The number of ether oxygens (including phenoxy) is 1. The Balaban J connectivity index is 2.17. The summed E-state index contributed by atoms with van der Waals surface area (Å²) in [5.74, 6) is -1.70. The van der Waals surface area contributed by atoms with E-state index >= 15 is 0 Å². The highest BCUT2D eigenvalue weighted by Crippen LogP contribution is 2.35. The molecule has 6 nitrogen and oxygen atoms in total. The predicted molar refractivity (Wildman–Crippen MR) is 51.9 cm³/mol. The first-order valence-corrected chi connectivity index (χ1v) is 5.21. The first-order valence-electron chi connectivity index (χ1n) is 5.21. The maximum atomic E-state index is 11.6. The third-order valence-corrected chi connectivity index (χ3v) is 2.76. The Morgan fingerprint density at radius 3 is 2.25 bits per heavy atom. The summed E-state index contributed by atoms with van der Waals surface area (Å²) in [4.78, 5) is 35.3. The average molecular weight is 225 g/mol. The molecule has 0 spiro atoms. The van der Waals surface area contributed by atoms with Crippen LogP contribution in [0.15, 0.2) is 0 Å². The average Bonchev–Trinajstić information content (AvgIpc) is 2.90. The summed E-state index contributed by atoms with van der Waals surface area (Å²) in [6.45, 7) is 3.75. The van der Waals surface area contributed by atoms with Crippen LogP contribution in [0.5, 0.6) is 0 Å². The minimum atomic E-state index is -0.948. The number of hydrogen-bond acceptors (Lipinski definition) is 4. The molecule has 2 rings (SSSR count). The zero-order valence-electron chi connectivity index (χ0n) is 9.10. The van der Waals surface area contributed by atoms with E-state index in [4.69, 9.17) is 10.5 Å². The van der Waals surface area contributed by atoms with E-state index in [1.807, 2.05) is 13.8 Å². The molecule has 0 aliphatic carbocycles. The number of imide groups is 1. The summed E-state index contributed by atoms with van der Waals surface area (Å²) in [6.07, 6.45) is -1.05. The molecule has 2 saturated heterocycles. The summed E-state index contributed by atoms with van der Waals surface area (Å²) in [6, 6.07) is -0.948. The van der Waals surface area contributed by atoms with Gasteiger partial charge in [-0.3, -0.25) is 25.0 Å². The standard InChI is InChI=1S/C10H13N2O4/c1-4(2)3-5(8(11)13)12-9(14)6-7(16-6)10(12)15/h4-7,11H,3H2,1-2H3/t5-,6?,7?/m0/s1. The number of hydrogen-bond donors (Lipinski definition) is 0. The van der Waals surface area contributed by atoms with E-state index in [9.17, 15) is 14.4 Å². The van der Waals surface area contributed by atoms with Gasteiger partial charge in [-0.15, -0.1) is 0 Å². The van der Waals surface area contributed by atoms with Crippen molar-refractivity contribution in [3.05, 3.63) is 0 Å². The zero-order chi connectivity index (χ0) is 12.0. The Morgan fingerprint density at radius 1 is 1.38 bits per heavy atom. The van der Waals surface area contributed by atoms with Gasteiger partial charge in [-0.2, -0.15) is 0 Å². The van der Waals surface area contributed by atoms with Gasteiger partial charge in [0, 0.05) is 0 Å². The molecule has 6 heteroatoms. The highest BCUT2D eigenvalue weighted by molar-refractivity contribution is 6.13. The maximum Gasteiger partial charge on any atom is 0.262 e. The van der Waals surface area contributed by atoms with Crippen molar-refractivity contribution in [1.82, 2.24) is 10.6 Å². The molecule has 2 aliphatic rings. The minimum absolute atomic E-state index is 0.137. The number of nitrogens with zero attached hydrogens (tertiary/aromatic N) is 1. The monoisotopic (exact) mass is 225 g/mol. The summed E-state index contributed by atoms with van der Waals surface area (Å²) in [7, 11) is 0. The van der Waals surface area contributed by atoms with Gasteiger partial charge in [-0.25, -0.2) is 0 Å². The normalized spacial score (nSPS) is 29.6. The first kappa shape index (κ1) is 11.1. The van der Waals surface area contributed by atoms with Crippen molar-refractivity contribution < 1.29 is 19.1 Å². The number of likely N-dealkylation sites (tertiary alicyclic amines) is 1. The van der Waals surface area contributed by atoms with Crippen molar-refractivity contribution in [3.8, 4) is 0 Å². The Morgan fingerprint density at radius 2 is 1.88 bits per heavy atom. The van der Waals surface area contributed by atoms with Crippen LogP contribution < -0.4 is 5.73 Å². The van der Waals surface area contributed by atoms with Gasteiger partial charge in [0.2, 0.25) is 0 Å². The van der Waals surface area contributed by atoms with Crippen LogP contribution in [0, 0.1) is 5.92 Å². The SMILES string of the molecule is CC(C)C[C@@H](C([NH])=O)N1C(=O)C2OC2C1=O. The van der Waals surface area contributed by atoms with Crippen LogP contribution in [-0.2, 0) is 19.1 Å². The summed E-state index contributed by atoms with van der Waals surface area (Å²) < 4.78 is 4.83. The van der Waals surface area contributed by atoms with Gasteiger partial charge in [0.15, 0.2) is 12.2 Å². The number of morpholine rings is 1. The summed E-state index contributed by atoms with van der Waals surface area (Å²) >= 11 is 0. The smallest absolute Gasteiger partial charge is 0.262 e. The molecule has 0 bridgehead atoms. The molecule has 0 aromatic rings. The van der Waals surface area contributed by atoms with E-state index in [2.05, 4.69) is 0 Å². The molecule has 16 heavy (non-hydrogen) atoms. The number of amides is 3. The maximum absolute atomic E-state index is 11.6. The summed E-state index contributed by atoms with van der Waals surface area (Å²) in [5.41, 5.74) is 7.13. The highest BCUT2D eigenvalue weighted by Gasteiger charge is 2.63. The van der Waals surface area contributed by atoms with Crippen LogP contribution >= 0.6 is 0 Å². The molecule has 0 saturated carbocycles. The molecule has 1 N–H and O–H groups in total. The zero-order valence-corrected chi connectivity index (χ0v) is 9.10. The van der Waals surface area contributed by atoms with Crippen LogP contribution in [0.4, 0.5) is 0 Å². The molecular formula is C10H13N2O4. The van der Waals surface area contributed by atoms with Gasteiger partial charge < -0.3 is 4.74 Å². The molecule has 3 atom stereocenters. The number of carbonyl (C=O) groups excluding carboxylic acids is 3. The quantitative estimate of drug-likeness (QED) is 0.469. The lowest BCUT2D eigenvalue weighted by atomic mass is 10.0. The van der Waals surface area contributed by atoms with Gasteiger partial charge in [-0.05, 0) is 12.3 Å². The predicted octanol–water partition coefficient (Wildman–Crippen LogP) is -0.653. The van der Waals surface area contributed by atoms with Crippen molar-refractivity contribution in [1.29, 1.82) is 0 Å². The lowest BCUT2D eigenvalue weighted by Gasteiger charge is -2.25. The van der Waals surface area contributed by atoms with Crippen LogP contribution in [0.3, 0.4) is 0 Å². The second kappa shape index (κ2) is 3.55. The minimum Gasteiger partial charge on any atom is -0.349 e. The number of carbonyl (C=O) groups is 3.